The van der Waals surface area contributed by atoms with Gasteiger partial charge < -0.3 is 21.5 Å². The van der Waals surface area contributed by atoms with Gasteiger partial charge in [-0.2, -0.15) is 0 Å². The quantitative estimate of drug-likeness (QED) is 0.465. The van der Waals surface area contributed by atoms with Crippen LogP contribution in [0.5, 0.6) is 0 Å². The third-order valence-electron chi connectivity index (χ3n) is 2.43. The van der Waals surface area contributed by atoms with Gasteiger partial charge in [0.1, 0.15) is 6.61 Å². The fourth-order valence-electron chi connectivity index (χ4n) is 1.70. The van der Waals surface area contributed by atoms with Crippen molar-refractivity contribution in [2.24, 2.45) is 23.3 Å². The van der Waals surface area contributed by atoms with Crippen molar-refractivity contribution in [3.05, 3.63) is 0 Å². The summed E-state index contributed by atoms with van der Waals surface area (Å²) in [6.07, 6.45) is 1.38. The van der Waals surface area contributed by atoms with Crippen LogP contribution in [0.25, 0.3) is 0 Å². The lowest BCUT2D eigenvalue weighted by atomic mass is 9.94. The van der Waals surface area contributed by atoms with Crippen LogP contribution in [0.4, 0.5) is 0 Å². The Morgan fingerprint density at radius 2 is 2.00 bits per heavy atom. The molecule has 0 unspecified atom stereocenters. The Bertz CT molecular complexity index is 257. The number of hydrogen-bond donors (Lipinski definition) is 3. The van der Waals surface area contributed by atoms with E-state index in [-0.39, 0.29) is 25.0 Å². The molecule has 0 aromatic heterocycles. The van der Waals surface area contributed by atoms with Gasteiger partial charge in [-0.3, -0.25) is 9.59 Å². The third kappa shape index (κ3) is 10.0. The molecule has 5 N–H and O–H groups in total. The van der Waals surface area contributed by atoms with Crippen LogP contribution < -0.4 is 16.8 Å². The molecule has 0 radical (unpaired) electrons. The Kier molecular flexibility index (Phi) is 9.22. The van der Waals surface area contributed by atoms with Crippen molar-refractivity contribution in [1.29, 1.82) is 0 Å². The Balaban J connectivity index is 3.65. The summed E-state index contributed by atoms with van der Waals surface area (Å²) in [4.78, 5) is 22.0. The smallest absolute Gasteiger partial charge is 0.243 e. The molecule has 6 nitrogen and oxygen atoms in total. The van der Waals surface area contributed by atoms with Crippen molar-refractivity contribution < 1.29 is 14.3 Å². The molecule has 0 aromatic carbocycles. The number of nitrogens with one attached hydrogen (secondary N) is 1. The highest BCUT2D eigenvalue weighted by Crippen LogP contribution is 2.13. The SMILES string of the molecule is CC(C)C[C@H](CN)CC(=O)NCCOCC(N)=O. The first-order valence-electron chi connectivity index (χ1n) is 6.28. The minimum Gasteiger partial charge on any atom is -0.370 e. The molecule has 18 heavy (non-hydrogen) atoms. The van der Waals surface area contributed by atoms with Crippen molar-refractivity contribution in [2.45, 2.75) is 26.7 Å². The normalized spacial score (nSPS) is 12.4. The van der Waals surface area contributed by atoms with Crippen LogP contribution in [0, 0.1) is 11.8 Å². The molecule has 0 aromatic rings. The Labute approximate surface area is 108 Å². The van der Waals surface area contributed by atoms with E-state index >= 15 is 0 Å². The first-order valence-corrected chi connectivity index (χ1v) is 6.28. The monoisotopic (exact) mass is 259 g/mol. The maximum absolute atomic E-state index is 11.6. The van der Waals surface area contributed by atoms with Crippen LogP contribution >= 0.6 is 0 Å². The Morgan fingerprint density at radius 1 is 1.33 bits per heavy atom. The van der Waals surface area contributed by atoms with E-state index in [1.165, 1.54) is 0 Å². The van der Waals surface area contributed by atoms with E-state index in [0.29, 0.717) is 25.4 Å². The van der Waals surface area contributed by atoms with Crippen LogP contribution in [0.2, 0.25) is 0 Å². The van der Waals surface area contributed by atoms with E-state index in [0.717, 1.165) is 6.42 Å². The molecule has 0 fully saturated rings. The van der Waals surface area contributed by atoms with Crippen molar-refractivity contribution in [3.8, 4) is 0 Å². The van der Waals surface area contributed by atoms with Crippen LogP contribution in [0.3, 0.4) is 0 Å². The van der Waals surface area contributed by atoms with Gasteiger partial charge in [0.05, 0.1) is 6.61 Å². The summed E-state index contributed by atoms with van der Waals surface area (Å²) in [6, 6.07) is 0. The molecule has 2 amide bonds. The minimum atomic E-state index is -0.513. The average Bonchev–Trinajstić information content (AvgIpc) is 2.26. The molecule has 0 heterocycles. The molecule has 0 aliphatic heterocycles. The van der Waals surface area contributed by atoms with Gasteiger partial charge in [0.15, 0.2) is 0 Å². The summed E-state index contributed by atoms with van der Waals surface area (Å²) >= 11 is 0. The predicted octanol–water partition coefficient (Wildman–Crippen LogP) is -0.384. The van der Waals surface area contributed by atoms with Crippen molar-refractivity contribution in [2.75, 3.05) is 26.3 Å². The molecule has 1 atom stereocenters. The van der Waals surface area contributed by atoms with Crippen molar-refractivity contribution in [3.63, 3.8) is 0 Å². The lowest BCUT2D eigenvalue weighted by Gasteiger charge is -2.16. The number of hydrogen-bond acceptors (Lipinski definition) is 4. The molecule has 0 spiro atoms. The molecule has 0 aliphatic carbocycles. The van der Waals surface area contributed by atoms with Gasteiger partial charge in [0.2, 0.25) is 11.8 Å². The highest BCUT2D eigenvalue weighted by Gasteiger charge is 2.13. The summed E-state index contributed by atoms with van der Waals surface area (Å²) in [5.74, 6) is 0.206. The predicted molar refractivity (Wildman–Crippen MR) is 69.6 cm³/mol. The lowest BCUT2D eigenvalue weighted by Crippen LogP contribution is -2.31. The van der Waals surface area contributed by atoms with Crippen LogP contribution in [0.1, 0.15) is 26.7 Å². The largest absolute Gasteiger partial charge is 0.370 e. The van der Waals surface area contributed by atoms with Crippen molar-refractivity contribution >= 4 is 11.8 Å². The Hall–Kier alpha value is -1.14. The van der Waals surface area contributed by atoms with E-state index < -0.39 is 5.91 Å². The topological polar surface area (TPSA) is 107 Å². The number of carbonyl (C=O) groups is 2. The minimum absolute atomic E-state index is 0.0335. The van der Waals surface area contributed by atoms with Crippen LogP contribution in [0.15, 0.2) is 0 Å². The van der Waals surface area contributed by atoms with E-state index in [1.54, 1.807) is 0 Å². The van der Waals surface area contributed by atoms with E-state index in [1.807, 2.05) is 0 Å². The molecule has 0 aliphatic rings. The second-order valence-electron chi connectivity index (χ2n) is 4.80. The van der Waals surface area contributed by atoms with Crippen LogP contribution in [-0.4, -0.2) is 38.1 Å². The highest BCUT2D eigenvalue weighted by molar-refractivity contribution is 5.76. The van der Waals surface area contributed by atoms with E-state index in [2.05, 4.69) is 19.2 Å². The number of ether oxygens (including phenoxy) is 1. The third-order valence-corrected chi connectivity index (χ3v) is 2.43. The molecular formula is C12H25N3O3. The van der Waals surface area contributed by atoms with Crippen LogP contribution in [-0.2, 0) is 14.3 Å². The maximum atomic E-state index is 11.6. The van der Waals surface area contributed by atoms with Gasteiger partial charge in [-0.1, -0.05) is 13.8 Å². The second kappa shape index (κ2) is 9.85. The molecule has 6 heteroatoms. The summed E-state index contributed by atoms with van der Waals surface area (Å²) < 4.78 is 4.93. The Morgan fingerprint density at radius 3 is 2.50 bits per heavy atom. The zero-order valence-electron chi connectivity index (χ0n) is 11.3. The molecule has 106 valence electrons. The maximum Gasteiger partial charge on any atom is 0.243 e. The molecular weight excluding hydrogens is 234 g/mol. The number of carbonyl (C=O) groups excluding carboxylic acids is 2. The van der Waals surface area contributed by atoms with Gasteiger partial charge in [-0.15, -0.1) is 0 Å². The number of primary amides is 1. The average molecular weight is 259 g/mol. The number of rotatable bonds is 10. The summed E-state index contributed by atoms with van der Waals surface area (Å²) in [7, 11) is 0. The van der Waals surface area contributed by atoms with Gasteiger partial charge in [0, 0.05) is 13.0 Å². The summed E-state index contributed by atoms with van der Waals surface area (Å²) in [5.41, 5.74) is 10.5. The zero-order chi connectivity index (χ0) is 14.0. The summed E-state index contributed by atoms with van der Waals surface area (Å²) in [5, 5.41) is 2.72. The van der Waals surface area contributed by atoms with Crippen molar-refractivity contribution in [1.82, 2.24) is 5.32 Å². The number of nitrogens with two attached hydrogens (primary N) is 2. The second-order valence-corrected chi connectivity index (χ2v) is 4.80. The fourth-order valence-corrected chi connectivity index (χ4v) is 1.70. The summed E-state index contributed by atoms with van der Waals surface area (Å²) in [6.45, 7) is 5.28. The molecule has 0 saturated carbocycles. The fraction of sp³-hybridized carbons (Fsp3) is 0.833. The number of amides is 2. The lowest BCUT2D eigenvalue weighted by molar-refractivity contribution is -0.123. The standard InChI is InChI=1S/C12H25N3O3/c1-9(2)5-10(7-13)6-12(17)15-3-4-18-8-11(14)16/h9-10H,3-8,13H2,1-2H3,(H2,14,16)(H,15,17)/t10-/m0/s1. The first kappa shape index (κ1) is 16.9. The van der Waals surface area contributed by atoms with Gasteiger partial charge in [-0.25, -0.2) is 0 Å². The van der Waals surface area contributed by atoms with E-state index in [9.17, 15) is 9.59 Å². The first-order chi connectivity index (χ1) is 8.45. The highest BCUT2D eigenvalue weighted by atomic mass is 16.5. The molecule has 0 saturated heterocycles. The zero-order valence-corrected chi connectivity index (χ0v) is 11.3. The van der Waals surface area contributed by atoms with E-state index in [4.69, 9.17) is 16.2 Å². The molecule has 0 rings (SSSR count). The van der Waals surface area contributed by atoms with Gasteiger partial charge >= 0.3 is 0 Å². The van der Waals surface area contributed by atoms with Gasteiger partial charge in [-0.05, 0) is 24.8 Å². The molecule has 0 bridgehead atoms. The van der Waals surface area contributed by atoms with Gasteiger partial charge in [0.25, 0.3) is 0 Å².